The summed E-state index contributed by atoms with van der Waals surface area (Å²) < 4.78 is 16.9. The van der Waals surface area contributed by atoms with Crippen molar-refractivity contribution in [3.63, 3.8) is 0 Å². The maximum atomic E-state index is 15.2. The van der Waals surface area contributed by atoms with Crippen molar-refractivity contribution in [2.24, 2.45) is 5.41 Å². The van der Waals surface area contributed by atoms with Crippen LogP contribution >= 0.6 is 11.6 Å². The number of halogens is 2. The van der Waals surface area contributed by atoms with Gasteiger partial charge < -0.3 is 14.6 Å². The third-order valence-electron chi connectivity index (χ3n) is 6.10. The SMILES string of the molecule is CCn1cc(C(=O)O)c(=O)c2c3cc(N4CCC(C)(C)CC4)c(Cl)c(F)c3ncc21. The van der Waals surface area contributed by atoms with Gasteiger partial charge in [0.25, 0.3) is 0 Å². The van der Waals surface area contributed by atoms with Crippen molar-refractivity contribution >= 4 is 45.1 Å². The van der Waals surface area contributed by atoms with Crippen LogP contribution in [0.4, 0.5) is 10.1 Å². The number of nitrogens with zero attached hydrogens (tertiary/aromatic N) is 3. The van der Waals surface area contributed by atoms with E-state index < -0.39 is 17.2 Å². The minimum Gasteiger partial charge on any atom is -0.477 e. The summed E-state index contributed by atoms with van der Waals surface area (Å²) in [7, 11) is 0. The van der Waals surface area contributed by atoms with Crippen molar-refractivity contribution in [2.75, 3.05) is 18.0 Å². The van der Waals surface area contributed by atoms with Crippen molar-refractivity contribution in [3.8, 4) is 0 Å². The average molecular weight is 432 g/mol. The molecule has 1 saturated heterocycles. The number of carbonyl (C=O) groups is 1. The molecule has 3 heterocycles. The summed E-state index contributed by atoms with van der Waals surface area (Å²) in [6, 6.07) is 1.68. The quantitative estimate of drug-likeness (QED) is 0.609. The van der Waals surface area contributed by atoms with Gasteiger partial charge in [0.15, 0.2) is 5.82 Å². The smallest absolute Gasteiger partial charge is 0.341 e. The summed E-state index contributed by atoms with van der Waals surface area (Å²) in [6.07, 6.45) is 4.57. The standard InChI is InChI=1S/C22H23ClFN3O3/c1-4-26-11-13(21(29)30)20(28)16-12-9-14(27-7-5-22(2,3)6-8-27)17(23)18(24)19(12)25-10-15(16)26/h9-11H,4-8H2,1-3H3,(H,29,30). The van der Waals surface area contributed by atoms with Crippen LogP contribution in [-0.4, -0.2) is 33.7 Å². The van der Waals surface area contributed by atoms with Gasteiger partial charge in [0.05, 0.1) is 22.8 Å². The highest BCUT2D eigenvalue weighted by molar-refractivity contribution is 6.34. The lowest BCUT2D eigenvalue weighted by atomic mass is 9.82. The largest absolute Gasteiger partial charge is 0.477 e. The highest BCUT2D eigenvalue weighted by Gasteiger charge is 2.28. The predicted octanol–water partition coefficient (Wildman–Crippen LogP) is 4.69. The normalized spacial score (nSPS) is 16.4. The summed E-state index contributed by atoms with van der Waals surface area (Å²) in [5, 5.41) is 9.89. The molecule has 1 N–H and O–H groups in total. The number of benzene rings is 1. The van der Waals surface area contributed by atoms with Crippen LogP contribution < -0.4 is 10.3 Å². The van der Waals surface area contributed by atoms with Crippen molar-refractivity contribution in [1.82, 2.24) is 9.55 Å². The van der Waals surface area contributed by atoms with E-state index in [2.05, 4.69) is 18.8 Å². The van der Waals surface area contributed by atoms with Gasteiger partial charge in [-0.25, -0.2) is 9.18 Å². The van der Waals surface area contributed by atoms with Gasteiger partial charge in [0.2, 0.25) is 5.43 Å². The van der Waals surface area contributed by atoms with Crippen LogP contribution in [0, 0.1) is 11.2 Å². The van der Waals surface area contributed by atoms with Gasteiger partial charge in [0, 0.05) is 31.2 Å². The number of aromatic carboxylic acids is 1. The first-order chi connectivity index (χ1) is 14.1. The summed E-state index contributed by atoms with van der Waals surface area (Å²) in [4.78, 5) is 30.9. The van der Waals surface area contributed by atoms with Gasteiger partial charge in [0.1, 0.15) is 16.1 Å². The summed E-state index contributed by atoms with van der Waals surface area (Å²) in [5.41, 5.74) is 0.145. The van der Waals surface area contributed by atoms with Crippen LogP contribution in [0.25, 0.3) is 21.8 Å². The van der Waals surface area contributed by atoms with E-state index in [9.17, 15) is 14.7 Å². The number of carboxylic acids is 1. The van der Waals surface area contributed by atoms with Crippen LogP contribution in [0.15, 0.2) is 23.3 Å². The topological polar surface area (TPSA) is 75.4 Å². The van der Waals surface area contributed by atoms with Crippen LogP contribution in [0.1, 0.15) is 44.0 Å². The minimum atomic E-state index is -1.32. The lowest BCUT2D eigenvalue weighted by Crippen LogP contribution is -2.37. The first-order valence-electron chi connectivity index (χ1n) is 9.96. The number of hydrogen-bond donors (Lipinski definition) is 1. The number of hydrogen-bond acceptors (Lipinski definition) is 4. The fourth-order valence-corrected chi connectivity index (χ4v) is 4.38. The molecule has 0 bridgehead atoms. The van der Waals surface area contributed by atoms with E-state index in [1.165, 1.54) is 12.4 Å². The molecule has 8 heteroatoms. The molecule has 4 rings (SSSR count). The molecule has 0 saturated carbocycles. The highest BCUT2D eigenvalue weighted by atomic mass is 35.5. The molecule has 0 unspecified atom stereocenters. The van der Waals surface area contributed by atoms with Gasteiger partial charge in [-0.1, -0.05) is 25.4 Å². The van der Waals surface area contributed by atoms with Gasteiger partial charge in [-0.05, 0) is 31.2 Å². The lowest BCUT2D eigenvalue weighted by Gasteiger charge is -2.38. The molecule has 0 spiro atoms. The number of aryl methyl sites for hydroxylation is 1. The molecule has 0 atom stereocenters. The van der Waals surface area contributed by atoms with E-state index in [0.29, 0.717) is 17.7 Å². The number of carboxylic acid groups (broad SMARTS) is 1. The molecule has 3 aromatic rings. The molecule has 1 fully saturated rings. The van der Waals surface area contributed by atoms with E-state index in [-0.39, 0.29) is 32.3 Å². The molecule has 6 nitrogen and oxygen atoms in total. The second kappa shape index (κ2) is 7.23. The Kier molecular flexibility index (Phi) is 4.97. The molecular weight excluding hydrogens is 409 g/mol. The van der Waals surface area contributed by atoms with Crippen molar-refractivity contribution in [1.29, 1.82) is 0 Å². The van der Waals surface area contributed by atoms with E-state index in [1.807, 2.05) is 11.8 Å². The van der Waals surface area contributed by atoms with Gasteiger partial charge in [-0.3, -0.25) is 9.78 Å². The molecule has 30 heavy (non-hydrogen) atoms. The number of fused-ring (bicyclic) bond motifs is 3. The first kappa shape index (κ1) is 20.6. The maximum absolute atomic E-state index is 15.2. The number of aromatic nitrogens is 2. The molecular formula is C22H23ClFN3O3. The van der Waals surface area contributed by atoms with Crippen molar-refractivity contribution in [3.05, 3.63) is 45.1 Å². The van der Waals surface area contributed by atoms with E-state index in [0.717, 1.165) is 25.9 Å². The van der Waals surface area contributed by atoms with E-state index in [4.69, 9.17) is 11.6 Å². The number of anilines is 1. The number of rotatable bonds is 3. The van der Waals surface area contributed by atoms with Crippen molar-refractivity contribution in [2.45, 2.75) is 40.2 Å². The fraction of sp³-hybridized carbons (Fsp3) is 0.409. The average Bonchev–Trinajstić information content (AvgIpc) is 2.70. The lowest BCUT2D eigenvalue weighted by molar-refractivity contribution is 0.0695. The molecule has 1 aliphatic heterocycles. The highest BCUT2D eigenvalue weighted by Crippen LogP contribution is 2.39. The molecule has 1 aliphatic rings. The van der Waals surface area contributed by atoms with Crippen LogP contribution in [0.2, 0.25) is 5.02 Å². The Hall–Kier alpha value is -2.67. The minimum absolute atomic E-state index is 0.0285. The second-order valence-corrected chi connectivity index (χ2v) is 8.93. The molecule has 0 amide bonds. The van der Waals surface area contributed by atoms with Gasteiger partial charge in [-0.15, -0.1) is 0 Å². The summed E-state index contributed by atoms with van der Waals surface area (Å²) in [6.45, 7) is 8.11. The third kappa shape index (κ3) is 3.21. The Morgan fingerprint density at radius 2 is 2.00 bits per heavy atom. The zero-order chi connectivity index (χ0) is 21.8. The predicted molar refractivity (Wildman–Crippen MR) is 116 cm³/mol. The third-order valence-corrected chi connectivity index (χ3v) is 6.46. The number of piperidine rings is 1. The Balaban J connectivity index is 2.05. The molecule has 158 valence electrons. The summed E-state index contributed by atoms with van der Waals surface area (Å²) in [5.74, 6) is -2.01. The number of pyridine rings is 2. The fourth-order valence-electron chi connectivity index (χ4n) is 4.12. The van der Waals surface area contributed by atoms with Crippen LogP contribution in [0.3, 0.4) is 0 Å². The summed E-state index contributed by atoms with van der Waals surface area (Å²) >= 11 is 6.37. The Labute approximate surface area is 177 Å². The first-order valence-corrected chi connectivity index (χ1v) is 10.3. The molecule has 2 aromatic heterocycles. The van der Waals surface area contributed by atoms with Gasteiger partial charge in [-0.2, -0.15) is 0 Å². The molecule has 1 aromatic carbocycles. The zero-order valence-electron chi connectivity index (χ0n) is 17.1. The van der Waals surface area contributed by atoms with Crippen LogP contribution in [0.5, 0.6) is 0 Å². The Morgan fingerprint density at radius 1 is 1.33 bits per heavy atom. The van der Waals surface area contributed by atoms with E-state index >= 15 is 4.39 Å². The second-order valence-electron chi connectivity index (χ2n) is 8.55. The van der Waals surface area contributed by atoms with Crippen molar-refractivity contribution < 1.29 is 14.3 Å². The van der Waals surface area contributed by atoms with E-state index in [1.54, 1.807) is 10.6 Å². The van der Waals surface area contributed by atoms with Crippen LogP contribution in [-0.2, 0) is 6.54 Å². The zero-order valence-corrected chi connectivity index (χ0v) is 17.9. The molecule has 0 radical (unpaired) electrons. The Morgan fingerprint density at radius 3 is 2.60 bits per heavy atom. The Bertz CT molecular complexity index is 1240. The molecule has 0 aliphatic carbocycles. The maximum Gasteiger partial charge on any atom is 0.341 e. The monoisotopic (exact) mass is 431 g/mol. The van der Waals surface area contributed by atoms with Gasteiger partial charge >= 0.3 is 5.97 Å².